The third-order valence-electron chi connectivity index (χ3n) is 3.52. The minimum Gasteiger partial charge on any atom is -0.387 e. The Labute approximate surface area is 122 Å². The molecule has 19 heavy (non-hydrogen) atoms. The number of hydrogen-bond acceptors (Lipinski definition) is 4. The van der Waals surface area contributed by atoms with Gasteiger partial charge in [0.25, 0.3) is 0 Å². The highest BCUT2D eigenvalue weighted by Gasteiger charge is 2.34. The Bertz CT molecular complexity index is 407. The van der Waals surface area contributed by atoms with E-state index in [0.717, 1.165) is 23.1 Å². The third kappa shape index (κ3) is 4.00. The highest BCUT2D eigenvalue weighted by molar-refractivity contribution is 9.10. The fraction of sp³-hybridized carbons (Fsp3) is 0.571. The molecule has 0 spiro atoms. The van der Waals surface area contributed by atoms with Gasteiger partial charge in [-0.25, -0.2) is 0 Å². The molecule has 4 nitrogen and oxygen atoms in total. The van der Waals surface area contributed by atoms with E-state index in [9.17, 15) is 5.11 Å². The molecule has 2 unspecified atom stereocenters. The molecule has 1 saturated heterocycles. The summed E-state index contributed by atoms with van der Waals surface area (Å²) in [7, 11) is 1.71. The topological polar surface area (TPSA) is 50.7 Å². The molecule has 1 aliphatic heterocycles. The number of ether oxygens (including phenoxy) is 2. The average molecular weight is 330 g/mol. The highest BCUT2D eigenvalue weighted by atomic mass is 79.9. The van der Waals surface area contributed by atoms with Crippen LogP contribution in [0.5, 0.6) is 0 Å². The van der Waals surface area contributed by atoms with E-state index in [2.05, 4.69) is 21.2 Å². The maximum Gasteiger partial charge on any atom is 0.106 e. The molecule has 1 heterocycles. The molecule has 0 aliphatic carbocycles. The predicted molar refractivity (Wildman–Crippen MR) is 77.1 cm³/mol. The summed E-state index contributed by atoms with van der Waals surface area (Å²) in [5.74, 6) is 0. The van der Waals surface area contributed by atoms with Gasteiger partial charge < -0.3 is 19.9 Å². The van der Waals surface area contributed by atoms with Gasteiger partial charge in [-0.1, -0.05) is 28.1 Å². The zero-order valence-corrected chi connectivity index (χ0v) is 12.6. The van der Waals surface area contributed by atoms with E-state index in [1.807, 2.05) is 24.3 Å². The molecule has 1 fully saturated rings. The van der Waals surface area contributed by atoms with Crippen molar-refractivity contribution in [2.75, 3.05) is 33.4 Å². The Morgan fingerprint density at radius 1 is 1.58 bits per heavy atom. The fourth-order valence-corrected chi connectivity index (χ4v) is 2.65. The van der Waals surface area contributed by atoms with Crippen LogP contribution in [0, 0.1) is 0 Å². The van der Waals surface area contributed by atoms with Crippen LogP contribution in [0.15, 0.2) is 28.7 Å². The maximum absolute atomic E-state index is 10.1. The van der Waals surface area contributed by atoms with Crippen molar-refractivity contribution >= 4 is 15.9 Å². The van der Waals surface area contributed by atoms with Crippen molar-refractivity contribution < 1.29 is 14.6 Å². The fourth-order valence-electron chi connectivity index (χ4n) is 2.23. The number of nitrogens with one attached hydrogen (secondary N) is 1. The zero-order valence-electron chi connectivity index (χ0n) is 11.1. The van der Waals surface area contributed by atoms with Crippen molar-refractivity contribution in [2.45, 2.75) is 18.1 Å². The van der Waals surface area contributed by atoms with Gasteiger partial charge in [-0.2, -0.15) is 0 Å². The molecule has 106 valence electrons. The summed E-state index contributed by atoms with van der Waals surface area (Å²) in [6.45, 7) is 2.54. The average Bonchev–Trinajstić information content (AvgIpc) is 2.88. The molecule has 0 bridgehead atoms. The molecule has 0 aromatic heterocycles. The van der Waals surface area contributed by atoms with Gasteiger partial charge in [0.15, 0.2) is 0 Å². The van der Waals surface area contributed by atoms with Crippen LogP contribution in [0.4, 0.5) is 0 Å². The Balaban J connectivity index is 1.82. The first-order valence-electron chi connectivity index (χ1n) is 6.42. The standard InChI is InChI=1S/C14H20BrNO3/c1-18-14(5-6-19-10-14)9-16-8-13(17)11-3-2-4-12(15)7-11/h2-4,7,13,16-17H,5-6,8-10H2,1H3. The zero-order chi connectivity index (χ0) is 13.7. The van der Waals surface area contributed by atoms with Gasteiger partial charge in [0, 0.05) is 37.7 Å². The van der Waals surface area contributed by atoms with Crippen molar-refractivity contribution in [1.29, 1.82) is 0 Å². The monoisotopic (exact) mass is 329 g/mol. The molecular weight excluding hydrogens is 310 g/mol. The number of aliphatic hydroxyl groups excluding tert-OH is 1. The number of hydrogen-bond donors (Lipinski definition) is 2. The molecule has 1 aliphatic rings. The Kier molecular flexibility index (Phi) is 5.36. The van der Waals surface area contributed by atoms with E-state index in [4.69, 9.17) is 9.47 Å². The molecule has 5 heteroatoms. The maximum atomic E-state index is 10.1. The van der Waals surface area contributed by atoms with Gasteiger partial charge in [0.1, 0.15) is 5.60 Å². The lowest BCUT2D eigenvalue weighted by atomic mass is 10.0. The second-order valence-corrected chi connectivity index (χ2v) is 5.81. The number of aliphatic hydroxyl groups is 1. The summed E-state index contributed by atoms with van der Waals surface area (Å²) in [5, 5.41) is 13.4. The van der Waals surface area contributed by atoms with Crippen LogP contribution in [-0.2, 0) is 9.47 Å². The smallest absolute Gasteiger partial charge is 0.106 e. The van der Waals surface area contributed by atoms with E-state index in [1.54, 1.807) is 7.11 Å². The van der Waals surface area contributed by atoms with E-state index < -0.39 is 6.10 Å². The minimum absolute atomic E-state index is 0.239. The molecular formula is C14H20BrNO3. The number of halogens is 1. The van der Waals surface area contributed by atoms with Crippen LogP contribution in [0.3, 0.4) is 0 Å². The normalized spacial score (nSPS) is 24.6. The second kappa shape index (κ2) is 6.81. The van der Waals surface area contributed by atoms with Gasteiger partial charge in [0.2, 0.25) is 0 Å². The minimum atomic E-state index is -0.520. The predicted octanol–water partition coefficient (Wildman–Crippen LogP) is 1.88. The van der Waals surface area contributed by atoms with Crippen LogP contribution in [0.1, 0.15) is 18.1 Å². The quantitative estimate of drug-likeness (QED) is 0.836. The van der Waals surface area contributed by atoms with Crippen molar-refractivity contribution in [2.24, 2.45) is 0 Å². The van der Waals surface area contributed by atoms with E-state index in [1.165, 1.54) is 0 Å². The lowest BCUT2D eigenvalue weighted by Crippen LogP contribution is -2.44. The number of rotatable bonds is 6. The Morgan fingerprint density at radius 2 is 2.42 bits per heavy atom. The number of benzene rings is 1. The summed E-state index contributed by atoms with van der Waals surface area (Å²) >= 11 is 3.40. The van der Waals surface area contributed by atoms with Crippen molar-refractivity contribution in [3.63, 3.8) is 0 Å². The van der Waals surface area contributed by atoms with Crippen LogP contribution >= 0.6 is 15.9 Å². The van der Waals surface area contributed by atoms with Gasteiger partial charge in [-0.05, 0) is 17.7 Å². The summed E-state index contributed by atoms with van der Waals surface area (Å²) in [5.41, 5.74) is 0.660. The molecule has 2 atom stereocenters. The summed E-state index contributed by atoms with van der Waals surface area (Å²) < 4.78 is 11.9. The highest BCUT2D eigenvalue weighted by Crippen LogP contribution is 2.22. The lowest BCUT2D eigenvalue weighted by molar-refractivity contribution is -0.0173. The Hall–Kier alpha value is -0.460. The van der Waals surface area contributed by atoms with Crippen molar-refractivity contribution in [3.8, 4) is 0 Å². The molecule has 1 aromatic carbocycles. The van der Waals surface area contributed by atoms with Crippen molar-refractivity contribution in [1.82, 2.24) is 5.32 Å². The summed E-state index contributed by atoms with van der Waals surface area (Å²) in [6, 6.07) is 7.71. The van der Waals surface area contributed by atoms with Crippen LogP contribution in [-0.4, -0.2) is 44.1 Å². The second-order valence-electron chi connectivity index (χ2n) is 4.89. The SMILES string of the molecule is COC1(CNCC(O)c2cccc(Br)c2)CCOC1. The van der Waals surface area contributed by atoms with Gasteiger partial charge in [-0.3, -0.25) is 0 Å². The molecule has 1 aromatic rings. The van der Waals surface area contributed by atoms with Crippen molar-refractivity contribution in [3.05, 3.63) is 34.3 Å². The molecule has 2 rings (SSSR count). The Morgan fingerprint density at radius 3 is 3.05 bits per heavy atom. The first kappa shape index (κ1) is 14.9. The summed E-state index contributed by atoms with van der Waals surface area (Å²) in [4.78, 5) is 0. The molecule has 0 radical (unpaired) electrons. The lowest BCUT2D eigenvalue weighted by Gasteiger charge is -2.26. The van der Waals surface area contributed by atoms with E-state index in [0.29, 0.717) is 19.7 Å². The van der Waals surface area contributed by atoms with E-state index in [-0.39, 0.29) is 5.60 Å². The first-order valence-corrected chi connectivity index (χ1v) is 7.22. The largest absolute Gasteiger partial charge is 0.387 e. The molecule has 0 amide bonds. The van der Waals surface area contributed by atoms with Gasteiger partial charge >= 0.3 is 0 Å². The van der Waals surface area contributed by atoms with E-state index >= 15 is 0 Å². The molecule has 2 N–H and O–H groups in total. The molecule has 0 saturated carbocycles. The van der Waals surface area contributed by atoms with Crippen LogP contribution < -0.4 is 5.32 Å². The van der Waals surface area contributed by atoms with Gasteiger partial charge in [0.05, 0.1) is 12.7 Å². The van der Waals surface area contributed by atoms with Crippen LogP contribution in [0.2, 0.25) is 0 Å². The first-order chi connectivity index (χ1) is 9.15. The third-order valence-corrected chi connectivity index (χ3v) is 4.01. The van der Waals surface area contributed by atoms with Crippen LogP contribution in [0.25, 0.3) is 0 Å². The summed E-state index contributed by atoms with van der Waals surface area (Å²) in [6.07, 6.45) is 0.373. The van der Waals surface area contributed by atoms with Gasteiger partial charge in [-0.15, -0.1) is 0 Å². The number of methoxy groups -OCH3 is 1.